The highest BCUT2D eigenvalue weighted by molar-refractivity contribution is 5.95. The smallest absolute Gasteiger partial charge is 0.416 e. The number of aliphatic imine (C=N–C) groups is 1. The molecule has 0 aliphatic carbocycles. The lowest BCUT2D eigenvalue weighted by Crippen LogP contribution is -2.07. The molecule has 0 fully saturated rings. The van der Waals surface area contributed by atoms with Gasteiger partial charge in [0.05, 0.1) is 18.8 Å². The Hall–Kier alpha value is -3.30. The Kier molecular flexibility index (Phi) is 8.95. The van der Waals surface area contributed by atoms with Crippen molar-refractivity contribution in [2.45, 2.75) is 12.2 Å². The van der Waals surface area contributed by atoms with Crippen molar-refractivity contribution in [3.63, 3.8) is 0 Å². The van der Waals surface area contributed by atoms with Gasteiger partial charge < -0.3 is 14.2 Å². The van der Waals surface area contributed by atoms with E-state index in [9.17, 15) is 22.0 Å². The van der Waals surface area contributed by atoms with E-state index in [0.717, 1.165) is 35.4 Å². The zero-order valence-electron chi connectivity index (χ0n) is 19.1. The van der Waals surface area contributed by atoms with Crippen LogP contribution in [0.4, 0.5) is 22.0 Å². The lowest BCUT2D eigenvalue weighted by Gasteiger charge is -2.09. The molecule has 3 aromatic carbocycles. The van der Waals surface area contributed by atoms with Gasteiger partial charge in [0.2, 0.25) is 5.90 Å². The number of alkyl halides is 3. The predicted octanol–water partition coefficient (Wildman–Crippen LogP) is 6.45. The largest absolute Gasteiger partial charge is 0.475 e. The van der Waals surface area contributed by atoms with Crippen molar-refractivity contribution in [3.8, 4) is 11.1 Å². The van der Waals surface area contributed by atoms with Crippen molar-refractivity contribution in [3.05, 3.63) is 95.1 Å². The number of hydrogen-bond donors (Lipinski definition) is 0. The molecule has 1 aliphatic heterocycles. The molecule has 9 heteroatoms. The summed E-state index contributed by atoms with van der Waals surface area (Å²) in [7, 11) is 3.30. The van der Waals surface area contributed by atoms with Crippen LogP contribution < -0.4 is 0 Å². The molecular formula is C26H24F5NO3. The highest BCUT2D eigenvalue weighted by Crippen LogP contribution is 2.32. The third-order valence-electron chi connectivity index (χ3n) is 5.16. The Morgan fingerprint density at radius 3 is 1.83 bits per heavy atom. The third-order valence-corrected chi connectivity index (χ3v) is 5.16. The summed E-state index contributed by atoms with van der Waals surface area (Å²) in [6.07, 6.45) is -4.38. The second-order valence-electron chi connectivity index (χ2n) is 7.54. The first-order valence-corrected chi connectivity index (χ1v) is 10.6. The number of halogens is 5. The summed E-state index contributed by atoms with van der Waals surface area (Å²) in [6.45, 7) is 1.52. The van der Waals surface area contributed by atoms with Crippen molar-refractivity contribution in [2.75, 3.05) is 34.0 Å². The molecule has 0 saturated carbocycles. The molecule has 0 N–H and O–H groups in total. The first-order chi connectivity index (χ1) is 16.7. The van der Waals surface area contributed by atoms with Crippen LogP contribution in [0.1, 0.15) is 22.7 Å². The van der Waals surface area contributed by atoms with E-state index in [1.807, 2.05) is 0 Å². The monoisotopic (exact) mass is 493 g/mol. The van der Waals surface area contributed by atoms with Crippen LogP contribution in [0, 0.1) is 11.6 Å². The molecule has 0 saturated heterocycles. The Balaban J connectivity index is 0.000000509. The molecule has 0 aromatic heterocycles. The van der Waals surface area contributed by atoms with E-state index in [-0.39, 0.29) is 18.1 Å². The molecule has 35 heavy (non-hydrogen) atoms. The van der Waals surface area contributed by atoms with Crippen LogP contribution in [-0.4, -0.2) is 39.9 Å². The van der Waals surface area contributed by atoms with E-state index >= 15 is 0 Å². The summed E-state index contributed by atoms with van der Waals surface area (Å²) in [4.78, 5) is 4.28. The number of nitrogens with zero attached hydrogens (tertiary/aromatic N) is 1. The van der Waals surface area contributed by atoms with Crippen molar-refractivity contribution >= 4 is 5.90 Å². The molecule has 1 unspecified atom stereocenters. The minimum atomic E-state index is -4.38. The second kappa shape index (κ2) is 11.9. The van der Waals surface area contributed by atoms with Crippen LogP contribution in [0.25, 0.3) is 11.1 Å². The van der Waals surface area contributed by atoms with Gasteiger partial charge in [0.25, 0.3) is 0 Å². The van der Waals surface area contributed by atoms with E-state index in [0.29, 0.717) is 18.8 Å². The molecular weight excluding hydrogens is 469 g/mol. The van der Waals surface area contributed by atoms with E-state index in [1.54, 1.807) is 38.5 Å². The van der Waals surface area contributed by atoms with Gasteiger partial charge in [-0.2, -0.15) is 13.2 Å². The standard InChI is InChI=1S/C22H14F5NO.C4H10O2/c23-17-2-1-3-18(24)20(17)21-28-19(12-29-21)15-6-4-13(5-7-15)14-8-10-16(11-9-14)22(25,26)27;1-5-3-4-6-2/h1-11,19H,12H2;3-4H2,1-2H3. The van der Waals surface area contributed by atoms with Gasteiger partial charge in [-0.1, -0.05) is 42.5 Å². The number of rotatable bonds is 6. The quantitative estimate of drug-likeness (QED) is 0.293. The van der Waals surface area contributed by atoms with Crippen molar-refractivity contribution in [2.24, 2.45) is 4.99 Å². The summed E-state index contributed by atoms with van der Waals surface area (Å²) in [6, 6.07) is 15.1. The van der Waals surface area contributed by atoms with Gasteiger partial charge >= 0.3 is 6.18 Å². The molecule has 1 atom stereocenters. The number of methoxy groups -OCH3 is 2. The van der Waals surface area contributed by atoms with Gasteiger partial charge in [-0.25, -0.2) is 13.8 Å². The van der Waals surface area contributed by atoms with Crippen LogP contribution in [0.3, 0.4) is 0 Å². The van der Waals surface area contributed by atoms with Crippen LogP contribution >= 0.6 is 0 Å². The van der Waals surface area contributed by atoms with E-state index in [2.05, 4.69) is 14.5 Å². The maximum Gasteiger partial charge on any atom is 0.416 e. The Morgan fingerprint density at radius 1 is 0.829 bits per heavy atom. The highest BCUT2D eigenvalue weighted by Gasteiger charge is 2.30. The van der Waals surface area contributed by atoms with Gasteiger partial charge in [0.15, 0.2) is 0 Å². The molecule has 0 radical (unpaired) electrons. The molecule has 186 valence electrons. The maximum absolute atomic E-state index is 13.9. The second-order valence-corrected chi connectivity index (χ2v) is 7.54. The van der Waals surface area contributed by atoms with Crippen LogP contribution in [0.15, 0.2) is 71.7 Å². The number of ether oxygens (including phenoxy) is 3. The van der Waals surface area contributed by atoms with Crippen molar-refractivity contribution < 1.29 is 36.2 Å². The maximum atomic E-state index is 13.9. The summed E-state index contributed by atoms with van der Waals surface area (Å²) in [5.41, 5.74) is 1.16. The van der Waals surface area contributed by atoms with Crippen LogP contribution in [-0.2, 0) is 20.4 Å². The predicted molar refractivity (Wildman–Crippen MR) is 122 cm³/mol. The average Bonchev–Trinajstić information content (AvgIpc) is 3.32. The molecule has 4 nitrogen and oxygen atoms in total. The summed E-state index contributed by atoms with van der Waals surface area (Å²) >= 11 is 0. The fraction of sp³-hybridized carbons (Fsp3) is 0.269. The molecule has 1 heterocycles. The highest BCUT2D eigenvalue weighted by atomic mass is 19.4. The Morgan fingerprint density at radius 2 is 1.34 bits per heavy atom. The fourth-order valence-electron chi connectivity index (χ4n) is 3.30. The first kappa shape index (κ1) is 26.3. The summed E-state index contributed by atoms with van der Waals surface area (Å²) < 4.78 is 80.6. The normalized spacial score (nSPS) is 15.2. The van der Waals surface area contributed by atoms with Gasteiger partial charge in [0.1, 0.15) is 29.8 Å². The minimum Gasteiger partial charge on any atom is -0.475 e. The minimum absolute atomic E-state index is 0.0857. The number of benzene rings is 3. The first-order valence-electron chi connectivity index (χ1n) is 10.6. The van der Waals surface area contributed by atoms with Gasteiger partial charge in [-0.05, 0) is 41.0 Å². The topological polar surface area (TPSA) is 40.0 Å². The summed E-state index contributed by atoms with van der Waals surface area (Å²) in [5.74, 6) is -1.58. The molecule has 0 spiro atoms. The molecule has 4 rings (SSSR count). The number of hydrogen-bond acceptors (Lipinski definition) is 4. The SMILES string of the molecule is COCCOC.Fc1cccc(F)c1C1=NC(c2ccc(-c3ccc(C(F)(F)F)cc3)cc2)CO1. The zero-order valence-corrected chi connectivity index (χ0v) is 19.1. The van der Waals surface area contributed by atoms with Crippen molar-refractivity contribution in [1.82, 2.24) is 0 Å². The molecule has 1 aliphatic rings. The Bertz CT molecular complexity index is 1100. The van der Waals surface area contributed by atoms with Crippen LogP contribution in [0.5, 0.6) is 0 Å². The average molecular weight is 493 g/mol. The van der Waals surface area contributed by atoms with Crippen molar-refractivity contribution in [1.29, 1.82) is 0 Å². The van der Waals surface area contributed by atoms with Gasteiger partial charge in [0, 0.05) is 14.2 Å². The van der Waals surface area contributed by atoms with E-state index < -0.39 is 29.4 Å². The fourth-order valence-corrected chi connectivity index (χ4v) is 3.30. The lowest BCUT2D eigenvalue weighted by molar-refractivity contribution is -0.137. The molecule has 3 aromatic rings. The molecule has 0 bridgehead atoms. The Labute approximate surface area is 200 Å². The van der Waals surface area contributed by atoms with E-state index in [1.165, 1.54) is 18.2 Å². The van der Waals surface area contributed by atoms with Crippen LogP contribution in [0.2, 0.25) is 0 Å². The lowest BCUT2D eigenvalue weighted by atomic mass is 10.0. The van der Waals surface area contributed by atoms with E-state index in [4.69, 9.17) is 4.74 Å². The third kappa shape index (κ3) is 6.86. The summed E-state index contributed by atoms with van der Waals surface area (Å²) in [5, 5.41) is 0. The zero-order chi connectivity index (χ0) is 25.4. The van der Waals surface area contributed by atoms with Gasteiger partial charge in [-0.3, -0.25) is 0 Å². The van der Waals surface area contributed by atoms with Gasteiger partial charge in [-0.15, -0.1) is 0 Å². The molecule has 0 amide bonds.